The van der Waals surface area contributed by atoms with E-state index < -0.39 is 11.9 Å². The van der Waals surface area contributed by atoms with Gasteiger partial charge in [-0.25, -0.2) is 9.59 Å². The summed E-state index contributed by atoms with van der Waals surface area (Å²) in [7, 11) is 2.65. The zero-order chi connectivity index (χ0) is 12.7. The Kier molecular flexibility index (Phi) is 3.63. The van der Waals surface area contributed by atoms with Crippen LogP contribution in [0.25, 0.3) is 0 Å². The van der Waals surface area contributed by atoms with Gasteiger partial charge < -0.3 is 9.47 Å². The highest BCUT2D eigenvalue weighted by atomic mass is 79.9. The van der Waals surface area contributed by atoms with Crippen molar-refractivity contribution in [2.75, 3.05) is 14.2 Å². The summed E-state index contributed by atoms with van der Waals surface area (Å²) in [4.78, 5) is 23.8. The average molecular weight is 368 g/mol. The van der Waals surface area contributed by atoms with Crippen LogP contribution in [-0.2, 0) is 19.1 Å². The SMILES string of the molecule is COC(=O)C1=C(C(=O)OC)[C@@H]2C[C@@H](Br)[C@H]1[C@H]2Br. The lowest BCUT2D eigenvalue weighted by atomic mass is 9.91. The number of carbonyl (C=O) groups excluding carboxylic acids is 2. The molecule has 0 aromatic rings. The zero-order valence-electron chi connectivity index (χ0n) is 9.41. The van der Waals surface area contributed by atoms with Gasteiger partial charge in [0.15, 0.2) is 0 Å². The number of halogens is 2. The first kappa shape index (κ1) is 13.1. The molecule has 2 rings (SSSR count). The molecular formula is C11H12Br2O4. The lowest BCUT2D eigenvalue weighted by Crippen LogP contribution is -2.25. The number of methoxy groups -OCH3 is 2. The van der Waals surface area contributed by atoms with Crippen molar-refractivity contribution in [1.82, 2.24) is 0 Å². The molecule has 0 saturated heterocycles. The van der Waals surface area contributed by atoms with Crippen molar-refractivity contribution in [3.8, 4) is 0 Å². The first-order chi connectivity index (χ1) is 8.02. The monoisotopic (exact) mass is 366 g/mol. The van der Waals surface area contributed by atoms with Gasteiger partial charge in [0.05, 0.1) is 25.4 Å². The molecule has 4 nitrogen and oxygen atoms in total. The molecule has 0 heterocycles. The minimum Gasteiger partial charge on any atom is -0.466 e. The van der Waals surface area contributed by atoms with Gasteiger partial charge in [-0.05, 0) is 6.42 Å². The Bertz CT molecular complexity index is 404. The van der Waals surface area contributed by atoms with Crippen LogP contribution >= 0.6 is 31.9 Å². The van der Waals surface area contributed by atoms with Gasteiger partial charge in [0, 0.05) is 21.5 Å². The Balaban J connectivity index is 2.48. The van der Waals surface area contributed by atoms with Crippen molar-refractivity contribution in [1.29, 1.82) is 0 Å². The van der Waals surface area contributed by atoms with E-state index in [1.54, 1.807) is 0 Å². The quantitative estimate of drug-likeness (QED) is 0.551. The van der Waals surface area contributed by atoms with Crippen molar-refractivity contribution in [3.63, 3.8) is 0 Å². The molecule has 1 saturated carbocycles. The number of esters is 2. The summed E-state index contributed by atoms with van der Waals surface area (Å²) in [6.07, 6.45) is 0.825. The molecule has 2 bridgehead atoms. The summed E-state index contributed by atoms with van der Waals surface area (Å²) in [5, 5.41) is 0. The van der Waals surface area contributed by atoms with Crippen LogP contribution < -0.4 is 0 Å². The van der Waals surface area contributed by atoms with E-state index in [2.05, 4.69) is 31.9 Å². The first-order valence-electron chi connectivity index (χ1n) is 5.21. The van der Waals surface area contributed by atoms with Crippen molar-refractivity contribution in [3.05, 3.63) is 11.1 Å². The molecule has 0 aromatic carbocycles. The van der Waals surface area contributed by atoms with Gasteiger partial charge in [0.1, 0.15) is 0 Å². The number of alkyl halides is 2. The van der Waals surface area contributed by atoms with Gasteiger partial charge in [-0.1, -0.05) is 31.9 Å². The predicted molar refractivity (Wildman–Crippen MR) is 68.1 cm³/mol. The summed E-state index contributed by atoms with van der Waals surface area (Å²) in [5.41, 5.74) is 0.932. The summed E-state index contributed by atoms with van der Waals surface area (Å²) in [5.74, 6) is -0.874. The molecule has 0 unspecified atom stereocenters. The van der Waals surface area contributed by atoms with Crippen molar-refractivity contribution >= 4 is 43.8 Å². The van der Waals surface area contributed by atoms with E-state index in [4.69, 9.17) is 9.47 Å². The molecule has 0 radical (unpaired) electrons. The van der Waals surface area contributed by atoms with Crippen LogP contribution in [0.5, 0.6) is 0 Å². The van der Waals surface area contributed by atoms with Gasteiger partial charge in [0.25, 0.3) is 0 Å². The van der Waals surface area contributed by atoms with E-state index in [1.807, 2.05) is 0 Å². The number of carbonyl (C=O) groups is 2. The van der Waals surface area contributed by atoms with E-state index in [-0.39, 0.29) is 21.5 Å². The predicted octanol–water partition coefficient (Wildman–Crippen LogP) is 1.81. The third kappa shape index (κ3) is 1.85. The Labute approximate surface area is 116 Å². The van der Waals surface area contributed by atoms with Crippen molar-refractivity contribution in [2.24, 2.45) is 11.8 Å². The molecule has 17 heavy (non-hydrogen) atoms. The zero-order valence-corrected chi connectivity index (χ0v) is 12.6. The molecule has 0 aromatic heterocycles. The average Bonchev–Trinajstić information content (AvgIpc) is 2.76. The van der Waals surface area contributed by atoms with E-state index in [9.17, 15) is 9.59 Å². The van der Waals surface area contributed by atoms with Crippen LogP contribution in [0, 0.1) is 11.8 Å². The molecule has 0 amide bonds. The molecule has 6 heteroatoms. The van der Waals surface area contributed by atoms with Crippen LogP contribution in [0.15, 0.2) is 11.1 Å². The smallest absolute Gasteiger partial charge is 0.334 e. The fourth-order valence-corrected chi connectivity index (χ4v) is 5.21. The third-order valence-electron chi connectivity index (χ3n) is 3.40. The number of hydrogen-bond acceptors (Lipinski definition) is 4. The lowest BCUT2D eigenvalue weighted by Gasteiger charge is -2.20. The molecule has 0 N–H and O–H groups in total. The van der Waals surface area contributed by atoms with E-state index >= 15 is 0 Å². The number of rotatable bonds is 2. The summed E-state index contributed by atoms with van der Waals surface area (Å²) in [6, 6.07) is 0. The Morgan fingerprint density at radius 1 is 1.12 bits per heavy atom. The molecule has 2 aliphatic rings. The van der Waals surface area contributed by atoms with Gasteiger partial charge in [0.2, 0.25) is 0 Å². The number of hydrogen-bond donors (Lipinski definition) is 0. The van der Waals surface area contributed by atoms with Gasteiger partial charge >= 0.3 is 11.9 Å². The van der Waals surface area contributed by atoms with E-state index in [0.717, 1.165) is 6.42 Å². The normalized spacial score (nSPS) is 35.1. The van der Waals surface area contributed by atoms with Crippen LogP contribution in [0.4, 0.5) is 0 Å². The Hall–Kier alpha value is -0.360. The maximum atomic E-state index is 11.8. The molecule has 94 valence electrons. The summed E-state index contributed by atoms with van der Waals surface area (Å²) >= 11 is 7.11. The minimum absolute atomic E-state index is 0.0194. The fourth-order valence-electron chi connectivity index (χ4n) is 2.69. The largest absolute Gasteiger partial charge is 0.466 e. The highest BCUT2D eigenvalue weighted by Gasteiger charge is 2.55. The molecule has 2 aliphatic carbocycles. The van der Waals surface area contributed by atoms with Crippen LogP contribution in [0.1, 0.15) is 6.42 Å². The maximum absolute atomic E-state index is 11.8. The van der Waals surface area contributed by atoms with Crippen LogP contribution in [0.2, 0.25) is 0 Å². The van der Waals surface area contributed by atoms with Crippen molar-refractivity contribution in [2.45, 2.75) is 16.1 Å². The first-order valence-corrected chi connectivity index (χ1v) is 7.04. The standard InChI is InChI=1S/C11H12Br2O4/c1-16-10(14)6-4-3-5(12)7(9(4)13)8(6)11(15)17-2/h4-5,7,9H,3H2,1-2H3/t4-,5+,7+,9-/m0/s1. The van der Waals surface area contributed by atoms with E-state index in [0.29, 0.717) is 11.1 Å². The topological polar surface area (TPSA) is 52.6 Å². The van der Waals surface area contributed by atoms with Gasteiger partial charge in [-0.2, -0.15) is 0 Å². The second-order valence-electron chi connectivity index (χ2n) is 4.14. The van der Waals surface area contributed by atoms with Gasteiger partial charge in [-0.15, -0.1) is 0 Å². The Morgan fingerprint density at radius 3 is 2.18 bits per heavy atom. The fraction of sp³-hybridized carbons (Fsp3) is 0.636. The maximum Gasteiger partial charge on any atom is 0.334 e. The molecule has 0 aliphatic heterocycles. The lowest BCUT2D eigenvalue weighted by molar-refractivity contribution is -0.139. The van der Waals surface area contributed by atoms with E-state index in [1.165, 1.54) is 14.2 Å². The highest BCUT2D eigenvalue weighted by Crippen LogP contribution is 2.55. The van der Waals surface area contributed by atoms with Crippen LogP contribution in [-0.4, -0.2) is 35.8 Å². The van der Waals surface area contributed by atoms with Crippen LogP contribution in [0.3, 0.4) is 0 Å². The summed E-state index contributed by atoms with van der Waals surface area (Å²) in [6.45, 7) is 0. The third-order valence-corrected chi connectivity index (χ3v) is 5.55. The number of ether oxygens (including phenoxy) is 2. The summed E-state index contributed by atoms with van der Waals surface area (Å²) < 4.78 is 9.52. The van der Waals surface area contributed by atoms with Crippen molar-refractivity contribution < 1.29 is 19.1 Å². The molecule has 1 fully saturated rings. The second-order valence-corrected chi connectivity index (χ2v) is 6.37. The highest BCUT2D eigenvalue weighted by molar-refractivity contribution is 9.10. The van der Waals surface area contributed by atoms with Gasteiger partial charge in [-0.3, -0.25) is 0 Å². The molecular weight excluding hydrogens is 356 g/mol. The number of fused-ring (bicyclic) bond motifs is 2. The minimum atomic E-state index is -0.438. The second kappa shape index (κ2) is 4.72. The molecule has 0 spiro atoms. The Morgan fingerprint density at radius 2 is 1.65 bits per heavy atom. The molecule has 4 atom stereocenters.